The smallest absolute Gasteiger partial charge is 0.238 e. The van der Waals surface area contributed by atoms with Gasteiger partial charge in [0, 0.05) is 12.5 Å². The van der Waals surface area contributed by atoms with E-state index in [1.165, 1.54) is 4.31 Å². The standard InChI is InChI=1S/C16H17ClN2O3S/c1-8-13(3-2-9(6-18)15(8)17)19-7-12-10-4-11(14(20)5-10)16(12)23(19,21)22/h2-3,10-12,14,16,20H,4-5,7H2,1H3/t10-,11+,12+,14+,16-/m1/s1. The Morgan fingerprint density at radius 2 is 2.09 bits per heavy atom. The predicted octanol–water partition coefficient (Wildman–Crippen LogP) is 2.06. The van der Waals surface area contributed by atoms with Crippen molar-refractivity contribution in [2.24, 2.45) is 17.8 Å². The third kappa shape index (κ3) is 1.90. The van der Waals surface area contributed by atoms with Crippen molar-refractivity contribution in [1.29, 1.82) is 5.26 Å². The minimum atomic E-state index is -3.51. The number of halogens is 1. The van der Waals surface area contributed by atoms with Crippen LogP contribution in [0, 0.1) is 36.0 Å². The van der Waals surface area contributed by atoms with E-state index in [-0.39, 0.29) is 17.8 Å². The molecule has 1 N–H and O–H groups in total. The summed E-state index contributed by atoms with van der Waals surface area (Å²) in [7, 11) is -3.51. The molecule has 3 fully saturated rings. The molecule has 7 heteroatoms. The highest BCUT2D eigenvalue weighted by molar-refractivity contribution is 7.93. The molecule has 1 aromatic rings. The summed E-state index contributed by atoms with van der Waals surface area (Å²) in [5.41, 5.74) is 1.51. The average molecular weight is 353 g/mol. The molecule has 0 amide bonds. The zero-order valence-corrected chi connectivity index (χ0v) is 14.2. The Labute approximate surface area is 140 Å². The Morgan fingerprint density at radius 1 is 1.35 bits per heavy atom. The quantitative estimate of drug-likeness (QED) is 0.838. The number of fused-ring (bicyclic) bond motifs is 5. The molecule has 3 aliphatic rings. The normalized spacial score (nSPS) is 37.0. The highest BCUT2D eigenvalue weighted by atomic mass is 35.5. The van der Waals surface area contributed by atoms with Gasteiger partial charge in [0.2, 0.25) is 10.0 Å². The Morgan fingerprint density at radius 3 is 2.78 bits per heavy atom. The number of benzene rings is 1. The van der Waals surface area contributed by atoms with Gasteiger partial charge in [0.15, 0.2) is 0 Å². The van der Waals surface area contributed by atoms with Crippen molar-refractivity contribution in [2.45, 2.75) is 31.1 Å². The monoisotopic (exact) mass is 352 g/mol. The van der Waals surface area contributed by atoms with E-state index in [0.29, 0.717) is 34.8 Å². The zero-order valence-electron chi connectivity index (χ0n) is 12.6. The van der Waals surface area contributed by atoms with Crippen LogP contribution in [0.4, 0.5) is 5.69 Å². The van der Waals surface area contributed by atoms with Crippen LogP contribution in [0.1, 0.15) is 24.0 Å². The van der Waals surface area contributed by atoms with Crippen LogP contribution in [0.2, 0.25) is 5.02 Å². The molecule has 2 bridgehead atoms. The molecule has 0 spiro atoms. The van der Waals surface area contributed by atoms with E-state index in [1.54, 1.807) is 19.1 Å². The van der Waals surface area contributed by atoms with Gasteiger partial charge < -0.3 is 5.11 Å². The van der Waals surface area contributed by atoms with Gasteiger partial charge in [-0.25, -0.2) is 8.42 Å². The average Bonchev–Trinajstić information content (AvgIpc) is 3.12. The van der Waals surface area contributed by atoms with Crippen molar-refractivity contribution in [3.05, 3.63) is 28.3 Å². The first kappa shape index (κ1) is 15.3. The fourth-order valence-corrected chi connectivity index (χ4v) is 7.61. The van der Waals surface area contributed by atoms with Crippen molar-refractivity contribution in [3.8, 4) is 6.07 Å². The van der Waals surface area contributed by atoms with Crippen LogP contribution in [-0.2, 0) is 10.0 Å². The van der Waals surface area contributed by atoms with E-state index in [1.807, 2.05) is 6.07 Å². The minimum absolute atomic E-state index is 0.0854. The van der Waals surface area contributed by atoms with Crippen LogP contribution in [0.5, 0.6) is 0 Å². The second kappa shape index (κ2) is 4.85. The Balaban J connectivity index is 1.78. The highest BCUT2D eigenvalue weighted by Gasteiger charge is 2.62. The van der Waals surface area contributed by atoms with Crippen molar-refractivity contribution in [3.63, 3.8) is 0 Å². The summed E-state index contributed by atoms with van der Waals surface area (Å²) >= 11 is 6.20. The second-order valence-corrected chi connectivity index (χ2v) is 9.24. The van der Waals surface area contributed by atoms with Gasteiger partial charge in [-0.05, 0) is 49.3 Å². The van der Waals surface area contributed by atoms with Crippen LogP contribution in [0.3, 0.4) is 0 Å². The Bertz CT molecular complexity index is 832. The summed E-state index contributed by atoms with van der Waals surface area (Å²) in [5, 5.41) is 19.0. The van der Waals surface area contributed by atoms with E-state index in [0.717, 1.165) is 6.42 Å². The zero-order chi connectivity index (χ0) is 16.5. The molecule has 1 heterocycles. The van der Waals surface area contributed by atoms with Crippen molar-refractivity contribution in [2.75, 3.05) is 10.8 Å². The number of aliphatic hydroxyl groups is 1. The van der Waals surface area contributed by atoms with Gasteiger partial charge in [0.1, 0.15) is 6.07 Å². The first-order valence-electron chi connectivity index (χ1n) is 7.75. The van der Waals surface area contributed by atoms with Crippen LogP contribution in [-0.4, -0.2) is 31.4 Å². The van der Waals surface area contributed by atoms with Crippen LogP contribution in [0.15, 0.2) is 12.1 Å². The van der Waals surface area contributed by atoms with Gasteiger partial charge in [-0.15, -0.1) is 0 Å². The summed E-state index contributed by atoms with van der Waals surface area (Å²) in [6, 6.07) is 5.24. The third-order valence-corrected chi connectivity index (χ3v) is 8.67. The predicted molar refractivity (Wildman–Crippen MR) is 86.7 cm³/mol. The number of aliphatic hydroxyl groups excluding tert-OH is 1. The molecule has 0 unspecified atom stereocenters. The molecule has 2 saturated carbocycles. The molecular weight excluding hydrogens is 336 g/mol. The second-order valence-electron chi connectivity index (χ2n) is 6.85. The number of nitriles is 1. The molecule has 5 atom stereocenters. The van der Waals surface area contributed by atoms with Gasteiger partial charge in [-0.3, -0.25) is 4.31 Å². The maximum absolute atomic E-state index is 13.0. The molecule has 5 nitrogen and oxygen atoms in total. The molecule has 122 valence electrons. The van der Waals surface area contributed by atoms with E-state index in [4.69, 9.17) is 16.9 Å². The molecule has 23 heavy (non-hydrogen) atoms. The molecule has 1 aromatic carbocycles. The van der Waals surface area contributed by atoms with Crippen molar-refractivity contribution < 1.29 is 13.5 Å². The molecule has 2 aliphatic carbocycles. The molecular formula is C16H17ClN2O3S. The number of sulfonamides is 1. The topological polar surface area (TPSA) is 81.4 Å². The summed E-state index contributed by atoms with van der Waals surface area (Å²) in [5.74, 6) is 0.227. The molecule has 1 saturated heterocycles. The van der Waals surface area contributed by atoms with Crippen LogP contribution in [0.25, 0.3) is 0 Å². The van der Waals surface area contributed by atoms with Crippen molar-refractivity contribution >= 4 is 27.3 Å². The summed E-state index contributed by atoms with van der Waals surface area (Å²) in [6.07, 6.45) is 1.03. The lowest BCUT2D eigenvalue weighted by molar-refractivity contribution is 0.102. The van der Waals surface area contributed by atoms with Gasteiger partial charge in [0.25, 0.3) is 0 Å². The van der Waals surface area contributed by atoms with Crippen LogP contribution < -0.4 is 4.31 Å². The molecule has 0 aromatic heterocycles. The van der Waals surface area contributed by atoms with E-state index >= 15 is 0 Å². The summed E-state index contributed by atoms with van der Waals surface area (Å²) in [6.45, 7) is 2.19. The Hall–Kier alpha value is -1.29. The largest absolute Gasteiger partial charge is 0.393 e. The fraction of sp³-hybridized carbons (Fsp3) is 0.562. The molecule has 1 aliphatic heterocycles. The van der Waals surface area contributed by atoms with Gasteiger partial charge in [-0.2, -0.15) is 5.26 Å². The first-order chi connectivity index (χ1) is 10.9. The number of anilines is 1. The summed E-state index contributed by atoms with van der Waals surface area (Å²) in [4.78, 5) is 0. The lowest BCUT2D eigenvalue weighted by Gasteiger charge is -2.26. The fourth-order valence-electron chi connectivity index (χ4n) is 4.78. The number of nitrogens with zero attached hydrogens (tertiary/aromatic N) is 2. The molecule has 4 rings (SSSR count). The SMILES string of the molecule is Cc1c(N2C[C@H]3[C@@H]4C[C@H]([C@H]3S2(=O)=O)[C@@H](O)C4)ccc(C#N)c1Cl. The number of rotatable bonds is 1. The van der Waals surface area contributed by atoms with Crippen molar-refractivity contribution in [1.82, 2.24) is 0 Å². The Kier molecular flexibility index (Phi) is 3.22. The minimum Gasteiger partial charge on any atom is -0.393 e. The van der Waals surface area contributed by atoms with E-state index in [9.17, 15) is 13.5 Å². The van der Waals surface area contributed by atoms with E-state index < -0.39 is 21.4 Å². The maximum atomic E-state index is 13.0. The first-order valence-corrected chi connectivity index (χ1v) is 9.63. The van der Waals surface area contributed by atoms with Gasteiger partial charge in [0.05, 0.1) is 27.6 Å². The lowest BCUT2D eigenvalue weighted by Crippen LogP contribution is -2.38. The number of hydrogen-bond acceptors (Lipinski definition) is 4. The maximum Gasteiger partial charge on any atom is 0.238 e. The van der Waals surface area contributed by atoms with Crippen LogP contribution >= 0.6 is 11.6 Å². The molecule has 0 radical (unpaired) electrons. The third-order valence-electron chi connectivity index (χ3n) is 5.84. The summed E-state index contributed by atoms with van der Waals surface area (Å²) < 4.78 is 27.5. The number of hydrogen-bond donors (Lipinski definition) is 1. The van der Waals surface area contributed by atoms with Gasteiger partial charge >= 0.3 is 0 Å². The lowest BCUT2D eigenvalue weighted by atomic mass is 9.87. The van der Waals surface area contributed by atoms with E-state index in [2.05, 4.69) is 0 Å². The van der Waals surface area contributed by atoms with Gasteiger partial charge in [-0.1, -0.05) is 11.6 Å². The highest BCUT2D eigenvalue weighted by Crippen LogP contribution is 2.56.